The third-order valence-corrected chi connectivity index (χ3v) is 4.65. The molecule has 0 radical (unpaired) electrons. The lowest BCUT2D eigenvalue weighted by molar-refractivity contribution is 0.0240. The molecule has 0 unspecified atom stereocenters. The van der Waals surface area contributed by atoms with Crippen LogP contribution in [-0.2, 0) is 4.74 Å². The van der Waals surface area contributed by atoms with Crippen molar-refractivity contribution in [3.05, 3.63) is 41.6 Å². The molecule has 1 aromatic heterocycles. The van der Waals surface area contributed by atoms with E-state index in [1.165, 1.54) is 0 Å². The molecule has 3 rings (SSSR count). The Balaban J connectivity index is 1.71. The summed E-state index contributed by atoms with van der Waals surface area (Å²) in [4.78, 5) is 20.6. The van der Waals surface area contributed by atoms with Crippen molar-refractivity contribution in [2.45, 2.75) is 26.4 Å². The summed E-state index contributed by atoms with van der Waals surface area (Å²) in [5, 5.41) is 0.442. The van der Waals surface area contributed by atoms with Gasteiger partial charge in [0.1, 0.15) is 22.3 Å². The van der Waals surface area contributed by atoms with Crippen molar-refractivity contribution in [3.8, 4) is 16.9 Å². The lowest BCUT2D eigenvalue weighted by Crippen LogP contribution is -2.50. The van der Waals surface area contributed by atoms with Gasteiger partial charge in [0.15, 0.2) is 0 Å². The molecule has 1 amide bonds. The smallest absolute Gasteiger partial charge is 0.410 e. The van der Waals surface area contributed by atoms with Gasteiger partial charge in [0, 0.05) is 26.2 Å². The second-order valence-electron chi connectivity index (χ2n) is 7.72. The van der Waals surface area contributed by atoms with Crippen molar-refractivity contribution in [3.63, 3.8) is 0 Å². The van der Waals surface area contributed by atoms with Gasteiger partial charge in [-0.15, -0.1) is 0 Å². The molecule has 0 N–H and O–H groups in total. The number of hydrogen-bond acceptors (Lipinski definition) is 5. The van der Waals surface area contributed by atoms with Crippen LogP contribution in [0.1, 0.15) is 20.8 Å². The van der Waals surface area contributed by atoms with Crippen LogP contribution in [0.4, 0.5) is 10.6 Å². The number of pyridine rings is 1. The van der Waals surface area contributed by atoms with Gasteiger partial charge in [-0.2, -0.15) is 0 Å². The summed E-state index contributed by atoms with van der Waals surface area (Å²) < 4.78 is 10.7. The van der Waals surface area contributed by atoms with Crippen molar-refractivity contribution in [2.24, 2.45) is 0 Å². The van der Waals surface area contributed by atoms with E-state index in [1.54, 1.807) is 12.0 Å². The lowest BCUT2D eigenvalue weighted by Gasteiger charge is -2.36. The van der Waals surface area contributed by atoms with Gasteiger partial charge in [0.25, 0.3) is 0 Å². The predicted molar refractivity (Wildman–Crippen MR) is 111 cm³/mol. The molecule has 1 aliphatic heterocycles. The minimum absolute atomic E-state index is 0.273. The van der Waals surface area contributed by atoms with Crippen molar-refractivity contribution < 1.29 is 14.3 Å². The van der Waals surface area contributed by atoms with Crippen LogP contribution in [0.25, 0.3) is 11.1 Å². The van der Waals surface area contributed by atoms with Gasteiger partial charge in [0.05, 0.1) is 7.11 Å². The number of rotatable bonds is 3. The standard InChI is InChI=1S/C21H26ClN3O3/c1-21(2,3)28-20(26)25-11-9-24(10-12-25)19-14-16(13-18(22)23-19)15-5-7-17(27-4)8-6-15/h5-8,13-14H,9-12H2,1-4H3. The number of methoxy groups -OCH3 is 1. The number of anilines is 1. The maximum atomic E-state index is 12.2. The van der Waals surface area contributed by atoms with Gasteiger partial charge < -0.3 is 19.3 Å². The first-order chi connectivity index (χ1) is 13.2. The fraction of sp³-hybridized carbons (Fsp3) is 0.429. The number of benzene rings is 1. The molecule has 1 aromatic carbocycles. The van der Waals surface area contributed by atoms with Crippen LogP contribution in [-0.4, -0.2) is 54.9 Å². The third kappa shape index (κ3) is 5.07. The van der Waals surface area contributed by atoms with Crippen LogP contribution >= 0.6 is 11.6 Å². The molecule has 0 bridgehead atoms. The number of halogens is 1. The Kier molecular flexibility index (Phi) is 5.98. The topological polar surface area (TPSA) is 54.9 Å². The van der Waals surface area contributed by atoms with Crippen molar-refractivity contribution in [1.29, 1.82) is 0 Å². The Morgan fingerprint density at radius 2 is 1.68 bits per heavy atom. The van der Waals surface area contributed by atoms with Gasteiger partial charge in [-0.1, -0.05) is 23.7 Å². The summed E-state index contributed by atoms with van der Waals surface area (Å²) in [6.07, 6.45) is -0.273. The zero-order valence-electron chi connectivity index (χ0n) is 16.7. The van der Waals surface area contributed by atoms with Gasteiger partial charge in [0.2, 0.25) is 0 Å². The molecule has 0 spiro atoms. The highest BCUT2D eigenvalue weighted by molar-refractivity contribution is 6.29. The van der Waals surface area contributed by atoms with E-state index in [0.29, 0.717) is 31.3 Å². The van der Waals surface area contributed by atoms with E-state index in [-0.39, 0.29) is 6.09 Å². The number of carbonyl (C=O) groups excluding carboxylic acids is 1. The van der Waals surface area contributed by atoms with E-state index < -0.39 is 5.60 Å². The molecular weight excluding hydrogens is 378 g/mol. The number of hydrogen-bond donors (Lipinski definition) is 0. The number of ether oxygens (including phenoxy) is 2. The zero-order chi connectivity index (χ0) is 20.3. The molecule has 1 aliphatic rings. The number of carbonyl (C=O) groups is 1. The fourth-order valence-electron chi connectivity index (χ4n) is 3.04. The lowest BCUT2D eigenvalue weighted by atomic mass is 10.1. The molecule has 28 heavy (non-hydrogen) atoms. The van der Waals surface area contributed by atoms with Crippen molar-refractivity contribution in [2.75, 3.05) is 38.2 Å². The highest BCUT2D eigenvalue weighted by Gasteiger charge is 2.26. The van der Waals surface area contributed by atoms with E-state index in [0.717, 1.165) is 22.7 Å². The molecular formula is C21H26ClN3O3. The Morgan fingerprint density at radius 1 is 1.04 bits per heavy atom. The summed E-state index contributed by atoms with van der Waals surface area (Å²) in [6.45, 7) is 8.14. The van der Waals surface area contributed by atoms with Gasteiger partial charge in [-0.3, -0.25) is 0 Å². The number of nitrogens with zero attached hydrogens (tertiary/aromatic N) is 3. The molecule has 0 atom stereocenters. The van der Waals surface area contributed by atoms with Crippen LogP contribution in [0, 0.1) is 0 Å². The van der Waals surface area contributed by atoms with Gasteiger partial charge >= 0.3 is 6.09 Å². The van der Waals surface area contributed by atoms with E-state index in [1.807, 2.05) is 57.2 Å². The largest absolute Gasteiger partial charge is 0.497 e. The monoisotopic (exact) mass is 403 g/mol. The zero-order valence-corrected chi connectivity index (χ0v) is 17.5. The molecule has 0 aliphatic carbocycles. The molecule has 1 fully saturated rings. The minimum atomic E-state index is -0.490. The summed E-state index contributed by atoms with van der Waals surface area (Å²) >= 11 is 6.28. The Bertz CT molecular complexity index is 826. The Labute approximate surface area is 171 Å². The average Bonchev–Trinajstić information content (AvgIpc) is 2.66. The Hall–Kier alpha value is -2.47. The first kappa shape index (κ1) is 20.3. The average molecular weight is 404 g/mol. The van der Waals surface area contributed by atoms with Crippen LogP contribution in [0.15, 0.2) is 36.4 Å². The van der Waals surface area contributed by atoms with Gasteiger partial charge in [-0.25, -0.2) is 9.78 Å². The normalized spacial score (nSPS) is 14.8. The quantitative estimate of drug-likeness (QED) is 0.708. The van der Waals surface area contributed by atoms with Crippen molar-refractivity contribution >= 4 is 23.5 Å². The molecule has 2 heterocycles. The minimum Gasteiger partial charge on any atom is -0.497 e. The molecule has 6 nitrogen and oxygen atoms in total. The van der Waals surface area contributed by atoms with Crippen LogP contribution in [0.3, 0.4) is 0 Å². The van der Waals surface area contributed by atoms with Crippen LogP contribution < -0.4 is 9.64 Å². The molecule has 7 heteroatoms. The van der Waals surface area contributed by atoms with Gasteiger partial charge in [-0.05, 0) is 56.2 Å². The van der Waals surface area contributed by atoms with E-state index in [2.05, 4.69) is 9.88 Å². The number of amides is 1. The highest BCUT2D eigenvalue weighted by atomic mass is 35.5. The molecule has 2 aromatic rings. The summed E-state index contributed by atoms with van der Waals surface area (Å²) in [7, 11) is 1.65. The van der Waals surface area contributed by atoms with Crippen LogP contribution in [0.2, 0.25) is 5.15 Å². The summed E-state index contributed by atoms with van der Waals surface area (Å²) in [5.74, 6) is 1.62. The number of piperazine rings is 1. The Morgan fingerprint density at radius 3 is 2.25 bits per heavy atom. The first-order valence-electron chi connectivity index (χ1n) is 9.30. The van der Waals surface area contributed by atoms with Crippen molar-refractivity contribution in [1.82, 2.24) is 9.88 Å². The van der Waals surface area contributed by atoms with Crippen LogP contribution in [0.5, 0.6) is 5.75 Å². The second kappa shape index (κ2) is 8.27. The summed E-state index contributed by atoms with van der Waals surface area (Å²) in [5.41, 5.74) is 1.54. The maximum absolute atomic E-state index is 12.2. The second-order valence-corrected chi connectivity index (χ2v) is 8.11. The highest BCUT2D eigenvalue weighted by Crippen LogP contribution is 2.28. The number of aromatic nitrogens is 1. The first-order valence-corrected chi connectivity index (χ1v) is 9.68. The molecule has 0 saturated carbocycles. The van der Waals surface area contributed by atoms with E-state index in [4.69, 9.17) is 21.1 Å². The van der Waals surface area contributed by atoms with E-state index in [9.17, 15) is 4.79 Å². The molecule has 1 saturated heterocycles. The molecule has 150 valence electrons. The SMILES string of the molecule is COc1ccc(-c2cc(Cl)nc(N3CCN(C(=O)OC(C)(C)C)CC3)c2)cc1. The van der Waals surface area contributed by atoms with E-state index >= 15 is 0 Å². The fourth-order valence-corrected chi connectivity index (χ4v) is 3.24. The summed E-state index contributed by atoms with van der Waals surface area (Å²) in [6, 6.07) is 11.7. The maximum Gasteiger partial charge on any atom is 0.410 e. The third-order valence-electron chi connectivity index (χ3n) is 4.46. The predicted octanol–water partition coefficient (Wildman–Crippen LogP) is 4.47.